The maximum Gasteiger partial charge on any atom is 0.408 e. The second-order valence-electron chi connectivity index (χ2n) is 5.91. The third-order valence-corrected chi connectivity index (χ3v) is 6.92. The average molecular weight is 436 g/mol. The normalized spacial score (nSPS) is 19.6. The molecule has 1 aliphatic rings. The predicted octanol–water partition coefficient (Wildman–Crippen LogP) is 0.372. The molecule has 5 N–H and O–H groups in total. The summed E-state index contributed by atoms with van der Waals surface area (Å²) >= 11 is 0. The third-order valence-electron chi connectivity index (χ3n) is 3.84. The lowest BCUT2D eigenvalue weighted by Gasteiger charge is -2.35. The molecule has 2 amide bonds. The molecule has 0 bridgehead atoms. The number of nitrogens with two attached hydrogens (primary N) is 1. The number of nitrogens with zero attached hydrogens (tertiary/aromatic N) is 1. The van der Waals surface area contributed by atoms with Gasteiger partial charge < -0.3 is 14.8 Å². The minimum absolute atomic E-state index is 0.0554. The zero-order valence-corrected chi connectivity index (χ0v) is 16.6. The van der Waals surface area contributed by atoms with E-state index in [1.807, 2.05) is 0 Å². The van der Waals surface area contributed by atoms with Crippen LogP contribution in [0.25, 0.3) is 0 Å². The summed E-state index contributed by atoms with van der Waals surface area (Å²) in [7, 11) is -7.78. The summed E-state index contributed by atoms with van der Waals surface area (Å²) in [5.41, 5.74) is 6.07. The SMILES string of the molecule is COc1ccc(COC(=O)N[C@@H]2CCCN(P(N)(=O)NS(=O)(=O)O)C2=O)cc1. The lowest BCUT2D eigenvalue weighted by Crippen LogP contribution is -2.53. The van der Waals surface area contributed by atoms with Gasteiger partial charge in [-0.3, -0.25) is 24.1 Å². The van der Waals surface area contributed by atoms with Crippen LogP contribution in [0.4, 0.5) is 4.79 Å². The quantitative estimate of drug-likeness (QED) is 0.347. The number of carbonyl (C=O) groups excluding carboxylic acids is 2. The summed E-state index contributed by atoms with van der Waals surface area (Å²) in [6, 6.07) is 5.69. The topological polar surface area (TPSA) is 177 Å². The zero-order chi connectivity index (χ0) is 20.9. The molecule has 1 aromatic rings. The van der Waals surface area contributed by atoms with Gasteiger partial charge in [0.25, 0.3) is 5.91 Å². The van der Waals surface area contributed by atoms with Gasteiger partial charge in [0.15, 0.2) is 0 Å². The van der Waals surface area contributed by atoms with Crippen molar-refractivity contribution in [2.75, 3.05) is 13.7 Å². The number of nitrogens with one attached hydrogen (secondary N) is 2. The smallest absolute Gasteiger partial charge is 0.408 e. The van der Waals surface area contributed by atoms with E-state index in [0.29, 0.717) is 22.4 Å². The molecule has 1 heterocycles. The Kier molecular flexibility index (Phi) is 7.01. The van der Waals surface area contributed by atoms with Crippen molar-refractivity contribution >= 4 is 29.9 Å². The molecule has 14 heteroatoms. The second-order valence-corrected chi connectivity index (χ2v) is 9.32. The summed E-state index contributed by atoms with van der Waals surface area (Å²) in [5, 5.41) is 2.33. The summed E-state index contributed by atoms with van der Waals surface area (Å²) in [6.07, 6.45) is -0.367. The van der Waals surface area contributed by atoms with Crippen molar-refractivity contribution in [1.29, 1.82) is 0 Å². The molecule has 0 saturated carbocycles. The standard InChI is InChI=1S/C14H21N4O8PS/c1-25-11-6-4-10(5-7-11)9-26-14(20)16-12-3-2-8-18(13(12)19)27(15,21)17-28(22,23)24/h4-7,12H,2-3,8-9H2,1H3,(H,16,20)(H3,15,17,21)(H,22,23,24)/t12-,27?/m1/s1. The van der Waals surface area contributed by atoms with Crippen LogP contribution in [-0.4, -0.2) is 49.3 Å². The van der Waals surface area contributed by atoms with Crippen LogP contribution < -0.4 is 20.1 Å². The van der Waals surface area contributed by atoms with Crippen LogP contribution in [0.5, 0.6) is 5.75 Å². The highest BCUT2D eigenvalue weighted by molar-refractivity contribution is 7.90. The Balaban J connectivity index is 1.94. The Bertz CT molecular complexity index is 876. The van der Waals surface area contributed by atoms with Crippen molar-refractivity contribution in [2.45, 2.75) is 25.5 Å². The molecule has 1 saturated heterocycles. The molecule has 0 aliphatic carbocycles. The first-order chi connectivity index (χ1) is 13.0. The molecule has 28 heavy (non-hydrogen) atoms. The van der Waals surface area contributed by atoms with Crippen molar-refractivity contribution in [3.05, 3.63) is 29.8 Å². The number of hydrogen-bond donors (Lipinski definition) is 4. The Labute approximate surface area is 161 Å². The number of carbonyl (C=O) groups is 2. The summed E-state index contributed by atoms with van der Waals surface area (Å²) in [6.45, 7) is -0.158. The number of benzene rings is 1. The highest BCUT2D eigenvalue weighted by Gasteiger charge is 2.40. The number of ether oxygens (including phenoxy) is 2. The number of piperidine rings is 1. The number of rotatable bonds is 7. The Morgan fingerprint density at radius 3 is 2.61 bits per heavy atom. The Morgan fingerprint density at radius 1 is 1.39 bits per heavy atom. The van der Waals surface area contributed by atoms with E-state index < -0.39 is 35.9 Å². The van der Waals surface area contributed by atoms with Crippen LogP contribution in [0.1, 0.15) is 18.4 Å². The van der Waals surface area contributed by atoms with Crippen LogP contribution in [0.15, 0.2) is 24.3 Å². The first kappa shape index (κ1) is 22.1. The van der Waals surface area contributed by atoms with Gasteiger partial charge in [-0.2, -0.15) is 8.42 Å². The van der Waals surface area contributed by atoms with Gasteiger partial charge in [0.05, 0.1) is 7.11 Å². The van der Waals surface area contributed by atoms with Gasteiger partial charge in [-0.1, -0.05) is 12.1 Å². The maximum atomic E-state index is 12.4. The summed E-state index contributed by atoms with van der Waals surface area (Å²) in [4.78, 5) is 24.4. The van der Waals surface area contributed by atoms with Crippen LogP contribution >= 0.6 is 7.59 Å². The molecule has 2 rings (SSSR count). The van der Waals surface area contributed by atoms with Crippen LogP contribution in [0, 0.1) is 0 Å². The summed E-state index contributed by atoms with van der Waals surface area (Å²) in [5.74, 6) is -0.208. The highest BCUT2D eigenvalue weighted by atomic mass is 32.2. The molecule has 1 aliphatic heterocycles. The lowest BCUT2D eigenvalue weighted by molar-refractivity contribution is -0.130. The Hall–Kier alpha value is -2.18. The van der Waals surface area contributed by atoms with Crippen LogP contribution in [0.3, 0.4) is 0 Å². The molecule has 1 fully saturated rings. The minimum Gasteiger partial charge on any atom is -0.497 e. The Morgan fingerprint density at radius 2 is 2.04 bits per heavy atom. The van der Waals surface area contributed by atoms with E-state index in [0.717, 1.165) is 0 Å². The van der Waals surface area contributed by atoms with Crippen LogP contribution in [0.2, 0.25) is 0 Å². The molecule has 1 aromatic carbocycles. The van der Waals surface area contributed by atoms with E-state index in [1.165, 1.54) is 11.6 Å². The molecular weight excluding hydrogens is 415 g/mol. The maximum absolute atomic E-state index is 12.4. The molecule has 0 aromatic heterocycles. The second kappa shape index (κ2) is 8.88. The largest absolute Gasteiger partial charge is 0.497 e. The van der Waals surface area contributed by atoms with Gasteiger partial charge in [0.2, 0.25) is 0 Å². The number of methoxy groups -OCH3 is 1. The zero-order valence-electron chi connectivity index (χ0n) is 14.9. The fraction of sp³-hybridized carbons (Fsp3) is 0.429. The van der Waals surface area contributed by atoms with Crippen LogP contribution in [-0.2, 0) is 31.0 Å². The number of amides is 2. The predicted molar refractivity (Wildman–Crippen MR) is 97.5 cm³/mol. The van der Waals surface area contributed by atoms with Gasteiger partial charge in [-0.25, -0.2) is 4.79 Å². The van der Waals surface area contributed by atoms with Gasteiger partial charge in [0, 0.05) is 6.54 Å². The number of alkyl carbamates (subject to hydrolysis) is 1. The minimum atomic E-state index is -4.89. The van der Waals surface area contributed by atoms with E-state index in [2.05, 4.69) is 5.32 Å². The molecule has 0 spiro atoms. The monoisotopic (exact) mass is 436 g/mol. The van der Waals surface area contributed by atoms with Gasteiger partial charge in [-0.15, -0.1) is 4.49 Å². The third kappa shape index (κ3) is 6.17. The molecule has 1 unspecified atom stereocenters. The fourth-order valence-corrected chi connectivity index (χ4v) is 5.14. The van der Waals surface area contributed by atoms with Gasteiger partial charge >= 0.3 is 24.0 Å². The van der Waals surface area contributed by atoms with Gasteiger partial charge in [0.1, 0.15) is 18.4 Å². The highest BCUT2D eigenvalue weighted by Crippen LogP contribution is 2.40. The molecule has 2 atom stereocenters. The lowest BCUT2D eigenvalue weighted by atomic mass is 10.1. The van der Waals surface area contributed by atoms with Gasteiger partial charge in [-0.05, 0) is 30.5 Å². The first-order valence-electron chi connectivity index (χ1n) is 8.05. The molecule has 12 nitrogen and oxygen atoms in total. The van der Waals surface area contributed by atoms with E-state index in [-0.39, 0.29) is 19.6 Å². The van der Waals surface area contributed by atoms with E-state index in [4.69, 9.17) is 19.5 Å². The van der Waals surface area contributed by atoms with Crippen molar-refractivity contribution in [1.82, 2.24) is 14.5 Å². The van der Waals surface area contributed by atoms with Crippen molar-refractivity contribution in [3.63, 3.8) is 0 Å². The fourth-order valence-electron chi connectivity index (χ4n) is 2.56. The van der Waals surface area contributed by atoms with Crippen molar-refractivity contribution < 1.29 is 36.6 Å². The molecular formula is C14H21N4O8PS. The first-order valence-corrected chi connectivity index (χ1v) is 11.2. The van der Waals surface area contributed by atoms with Crippen molar-refractivity contribution in [3.8, 4) is 5.75 Å². The van der Waals surface area contributed by atoms with E-state index in [9.17, 15) is 22.6 Å². The summed E-state index contributed by atoms with van der Waals surface area (Å²) < 4.78 is 54.8. The number of hydrogen-bond acceptors (Lipinski definition) is 7. The molecule has 0 radical (unpaired) electrons. The van der Waals surface area contributed by atoms with E-state index in [1.54, 1.807) is 24.3 Å². The molecule has 156 valence electrons. The van der Waals surface area contributed by atoms with Crippen molar-refractivity contribution in [2.24, 2.45) is 5.50 Å². The average Bonchev–Trinajstić information content (AvgIpc) is 2.60. The van der Waals surface area contributed by atoms with E-state index >= 15 is 0 Å².